The first-order valence-electron chi connectivity index (χ1n) is 3.52. The van der Waals surface area contributed by atoms with E-state index in [9.17, 15) is 0 Å². The van der Waals surface area contributed by atoms with Crippen LogP contribution in [0.1, 0.15) is 5.56 Å². The molecule has 0 bridgehead atoms. The first-order chi connectivity index (χ1) is 4.83. The molecule has 0 amide bonds. The zero-order valence-corrected chi connectivity index (χ0v) is 6.42. The monoisotopic (exact) mass is 134 g/mol. The molecule has 0 atom stereocenters. The van der Waals surface area contributed by atoms with Crippen LogP contribution in [0.25, 0.3) is 0 Å². The van der Waals surface area contributed by atoms with Crippen LogP contribution in [0.2, 0.25) is 0 Å². The Balaban J connectivity index is 2.69. The van der Waals surface area contributed by atoms with Gasteiger partial charge >= 0.3 is 0 Å². The third-order valence-electron chi connectivity index (χ3n) is 1.33. The highest BCUT2D eigenvalue weighted by atomic mass is 16.5. The molecule has 0 aliphatic carbocycles. The molecule has 1 aromatic rings. The Bertz CT molecular complexity index is 193. The van der Waals surface area contributed by atoms with Gasteiger partial charge in [-0.1, -0.05) is 17.7 Å². The number of aryl methyl sites for hydroxylation is 1. The molecule has 1 rings (SSSR count). The second kappa shape index (κ2) is 3.30. The highest BCUT2D eigenvalue weighted by Gasteiger charge is 1.87. The maximum atomic E-state index is 5.26. The average molecular weight is 134 g/mol. The number of rotatable bonds is 2. The molecule has 0 saturated heterocycles. The third-order valence-corrected chi connectivity index (χ3v) is 1.33. The lowest BCUT2D eigenvalue weighted by atomic mass is 10.2. The molecule has 0 aromatic heterocycles. The maximum Gasteiger partial charge on any atom is 0.150 e. The quantitative estimate of drug-likeness (QED) is 0.547. The minimum Gasteiger partial charge on any atom is -0.503 e. The van der Waals surface area contributed by atoms with E-state index in [1.54, 1.807) is 0 Å². The lowest BCUT2D eigenvalue weighted by Gasteiger charge is -2.01. The SMILES string of the molecule is BCOc1ccc(C)cc1. The number of hydrogen-bond donors (Lipinski definition) is 0. The third kappa shape index (κ3) is 1.80. The first-order valence-corrected chi connectivity index (χ1v) is 3.52. The molecular weight excluding hydrogens is 123 g/mol. The molecule has 0 spiro atoms. The molecular formula is C8H11BO. The van der Waals surface area contributed by atoms with Gasteiger partial charge in [-0.05, 0) is 19.1 Å². The van der Waals surface area contributed by atoms with Gasteiger partial charge in [0.25, 0.3) is 0 Å². The van der Waals surface area contributed by atoms with Gasteiger partial charge in [-0.3, -0.25) is 0 Å². The molecule has 0 fully saturated rings. The van der Waals surface area contributed by atoms with E-state index in [4.69, 9.17) is 4.74 Å². The predicted octanol–water partition coefficient (Wildman–Crippen LogP) is 0.964. The van der Waals surface area contributed by atoms with E-state index in [0.29, 0.717) is 0 Å². The molecule has 10 heavy (non-hydrogen) atoms. The Hall–Kier alpha value is -0.915. The van der Waals surface area contributed by atoms with Gasteiger partial charge in [0, 0.05) is 0 Å². The fourth-order valence-electron chi connectivity index (χ4n) is 0.801. The van der Waals surface area contributed by atoms with Crippen molar-refractivity contribution in [2.45, 2.75) is 6.92 Å². The summed E-state index contributed by atoms with van der Waals surface area (Å²) in [4.78, 5) is 0. The lowest BCUT2D eigenvalue weighted by Crippen LogP contribution is -1.94. The van der Waals surface area contributed by atoms with Gasteiger partial charge in [0.2, 0.25) is 0 Å². The van der Waals surface area contributed by atoms with Gasteiger partial charge in [0.1, 0.15) is 5.75 Å². The topological polar surface area (TPSA) is 9.23 Å². The fraction of sp³-hybridized carbons (Fsp3) is 0.250. The number of benzene rings is 1. The van der Waals surface area contributed by atoms with E-state index in [1.165, 1.54) is 5.56 Å². The van der Waals surface area contributed by atoms with Crippen LogP contribution < -0.4 is 4.74 Å². The number of hydrogen-bond acceptors (Lipinski definition) is 1. The van der Waals surface area contributed by atoms with Crippen LogP contribution >= 0.6 is 0 Å². The molecule has 0 unspecified atom stereocenters. The van der Waals surface area contributed by atoms with E-state index in [-0.39, 0.29) is 0 Å². The van der Waals surface area contributed by atoms with Crippen LogP contribution in [0.15, 0.2) is 24.3 Å². The predicted molar refractivity (Wildman–Crippen MR) is 45.2 cm³/mol. The summed E-state index contributed by atoms with van der Waals surface area (Å²) < 4.78 is 5.26. The molecule has 52 valence electrons. The van der Waals surface area contributed by atoms with Crippen molar-refractivity contribution in [1.29, 1.82) is 0 Å². The van der Waals surface area contributed by atoms with Gasteiger partial charge in [-0.2, -0.15) is 0 Å². The summed E-state index contributed by atoms with van der Waals surface area (Å²) in [6.07, 6.45) is 0. The van der Waals surface area contributed by atoms with Crippen molar-refractivity contribution in [3.05, 3.63) is 29.8 Å². The van der Waals surface area contributed by atoms with Gasteiger partial charge < -0.3 is 4.74 Å². The summed E-state index contributed by atoms with van der Waals surface area (Å²) in [5, 5.41) is 0. The van der Waals surface area contributed by atoms with E-state index in [2.05, 4.69) is 6.92 Å². The fourth-order valence-corrected chi connectivity index (χ4v) is 0.801. The van der Waals surface area contributed by atoms with Crippen LogP contribution in [0, 0.1) is 6.92 Å². The zero-order valence-electron chi connectivity index (χ0n) is 6.42. The Kier molecular flexibility index (Phi) is 2.38. The molecule has 0 heterocycles. The molecule has 0 saturated carbocycles. The summed E-state index contributed by atoms with van der Waals surface area (Å²) in [6, 6.07) is 8.06. The zero-order chi connectivity index (χ0) is 7.40. The minimum atomic E-state index is 0.739. The summed E-state index contributed by atoms with van der Waals surface area (Å²) in [5.41, 5.74) is 1.27. The van der Waals surface area contributed by atoms with Crippen molar-refractivity contribution >= 4 is 7.85 Å². The van der Waals surface area contributed by atoms with Crippen LogP contribution in [-0.2, 0) is 0 Å². The largest absolute Gasteiger partial charge is 0.503 e. The van der Waals surface area contributed by atoms with Gasteiger partial charge in [0.05, 0.1) is 6.51 Å². The molecule has 0 aliphatic rings. The van der Waals surface area contributed by atoms with Crippen molar-refractivity contribution < 1.29 is 4.74 Å². The van der Waals surface area contributed by atoms with E-state index >= 15 is 0 Å². The summed E-state index contributed by atoms with van der Waals surface area (Å²) in [5.74, 6) is 0.952. The normalized spacial score (nSPS) is 9.30. The Morgan fingerprint density at radius 3 is 2.40 bits per heavy atom. The number of ether oxygens (including phenoxy) is 1. The van der Waals surface area contributed by atoms with Crippen LogP contribution in [-0.4, -0.2) is 14.4 Å². The average Bonchev–Trinajstić information content (AvgIpc) is 1.95. The van der Waals surface area contributed by atoms with Crippen molar-refractivity contribution in [2.24, 2.45) is 0 Å². The Labute approximate surface area is 62.4 Å². The second-order valence-electron chi connectivity index (χ2n) is 2.25. The smallest absolute Gasteiger partial charge is 0.150 e. The van der Waals surface area contributed by atoms with Gasteiger partial charge in [-0.25, -0.2) is 0 Å². The molecule has 1 aromatic carbocycles. The van der Waals surface area contributed by atoms with Crippen LogP contribution in [0.3, 0.4) is 0 Å². The van der Waals surface area contributed by atoms with E-state index < -0.39 is 0 Å². The second-order valence-corrected chi connectivity index (χ2v) is 2.25. The molecule has 0 N–H and O–H groups in total. The Morgan fingerprint density at radius 1 is 1.30 bits per heavy atom. The van der Waals surface area contributed by atoms with E-state index in [0.717, 1.165) is 12.3 Å². The highest BCUT2D eigenvalue weighted by molar-refractivity contribution is 6.08. The van der Waals surface area contributed by atoms with Crippen molar-refractivity contribution in [1.82, 2.24) is 0 Å². The summed E-state index contributed by atoms with van der Waals surface area (Å²) in [7, 11) is 1.99. The van der Waals surface area contributed by atoms with Crippen LogP contribution in [0.4, 0.5) is 0 Å². The van der Waals surface area contributed by atoms with Crippen LogP contribution in [0.5, 0.6) is 5.75 Å². The molecule has 0 aliphatic heterocycles. The molecule has 0 radical (unpaired) electrons. The van der Waals surface area contributed by atoms with Crippen molar-refractivity contribution in [2.75, 3.05) is 6.51 Å². The summed E-state index contributed by atoms with van der Waals surface area (Å²) in [6.45, 7) is 2.80. The van der Waals surface area contributed by atoms with Crippen molar-refractivity contribution in [3.8, 4) is 5.75 Å². The van der Waals surface area contributed by atoms with E-state index in [1.807, 2.05) is 32.1 Å². The maximum absolute atomic E-state index is 5.26. The Morgan fingerprint density at radius 2 is 1.90 bits per heavy atom. The molecule has 2 heteroatoms. The van der Waals surface area contributed by atoms with Crippen molar-refractivity contribution in [3.63, 3.8) is 0 Å². The minimum absolute atomic E-state index is 0.739. The standard InChI is InChI=1S/C8H11BO/c1-7-2-4-8(5-3-7)10-6-9/h2-5H,6,9H2,1H3. The highest BCUT2D eigenvalue weighted by Crippen LogP contribution is 2.10. The van der Waals surface area contributed by atoms with Gasteiger partial charge in [0.15, 0.2) is 7.85 Å². The van der Waals surface area contributed by atoms with Gasteiger partial charge in [-0.15, -0.1) is 0 Å². The summed E-state index contributed by atoms with van der Waals surface area (Å²) >= 11 is 0. The lowest BCUT2D eigenvalue weighted by molar-refractivity contribution is 0.387. The first kappa shape index (κ1) is 7.20. The molecule has 1 nitrogen and oxygen atoms in total.